The van der Waals surface area contributed by atoms with E-state index < -0.39 is 5.97 Å². The predicted octanol–water partition coefficient (Wildman–Crippen LogP) is 3.77. The fourth-order valence-electron chi connectivity index (χ4n) is 2.18. The van der Waals surface area contributed by atoms with Crippen LogP contribution in [0.2, 0.25) is 0 Å². The van der Waals surface area contributed by atoms with Crippen LogP contribution in [-0.4, -0.2) is 29.4 Å². The van der Waals surface area contributed by atoms with E-state index in [1.807, 2.05) is 0 Å². The van der Waals surface area contributed by atoms with Crippen LogP contribution in [0.15, 0.2) is 72.0 Å². The second-order valence-corrected chi connectivity index (χ2v) is 5.31. The summed E-state index contributed by atoms with van der Waals surface area (Å²) in [7, 11) is 1.50. The molecule has 0 spiro atoms. The van der Waals surface area contributed by atoms with Gasteiger partial charge >= 0.3 is 5.97 Å². The van der Waals surface area contributed by atoms with Crippen molar-refractivity contribution in [2.24, 2.45) is 4.99 Å². The topological polar surface area (TPSA) is 81.0 Å². The number of aromatic hydroxyl groups is 1. The number of nitrogens with zero attached hydrogens (tertiary/aromatic N) is 2. The maximum absolute atomic E-state index is 12.2. The summed E-state index contributed by atoms with van der Waals surface area (Å²) < 4.78 is 10.7. The zero-order valence-corrected chi connectivity index (χ0v) is 14.0. The molecule has 0 radical (unpaired) electrons. The Balaban J connectivity index is 1.77. The molecule has 0 aliphatic carbocycles. The van der Waals surface area contributed by atoms with Gasteiger partial charge in [-0.3, -0.25) is 9.98 Å². The number of carbonyl (C=O) groups is 1. The van der Waals surface area contributed by atoms with Crippen LogP contribution in [0.5, 0.6) is 17.2 Å². The Labute approximate surface area is 150 Å². The fraction of sp³-hybridized carbons (Fsp3) is 0.0500. The minimum absolute atomic E-state index is 0.186. The predicted molar refractivity (Wildman–Crippen MR) is 97.6 cm³/mol. The number of phenolic OH excluding ortho intramolecular Hbond substituents is 1. The number of methoxy groups -OCH3 is 1. The first-order valence-corrected chi connectivity index (χ1v) is 7.79. The Morgan fingerprint density at radius 1 is 1.04 bits per heavy atom. The average molecular weight is 348 g/mol. The third-order valence-electron chi connectivity index (χ3n) is 3.52. The van der Waals surface area contributed by atoms with Crippen LogP contribution in [0.3, 0.4) is 0 Å². The summed E-state index contributed by atoms with van der Waals surface area (Å²) in [4.78, 5) is 20.3. The van der Waals surface area contributed by atoms with E-state index in [2.05, 4.69) is 9.98 Å². The summed E-state index contributed by atoms with van der Waals surface area (Å²) in [6.07, 6.45) is 4.71. The second-order valence-electron chi connectivity index (χ2n) is 5.31. The Bertz CT molecular complexity index is 922. The summed E-state index contributed by atoms with van der Waals surface area (Å²) in [6, 6.07) is 14.8. The number of phenols is 1. The molecule has 0 fully saturated rings. The number of ether oxygens (including phenoxy) is 2. The van der Waals surface area contributed by atoms with E-state index in [9.17, 15) is 9.90 Å². The Morgan fingerprint density at radius 2 is 1.77 bits per heavy atom. The SMILES string of the molecule is COc1cc(C=Nc2ccc(O)cc2)ccc1OC(=O)c1ccncc1. The third-order valence-corrected chi connectivity index (χ3v) is 3.52. The van der Waals surface area contributed by atoms with E-state index in [0.717, 1.165) is 5.56 Å². The Morgan fingerprint density at radius 3 is 2.46 bits per heavy atom. The minimum atomic E-state index is -0.490. The molecular weight excluding hydrogens is 332 g/mol. The molecule has 0 unspecified atom stereocenters. The third kappa shape index (κ3) is 4.24. The highest BCUT2D eigenvalue weighted by atomic mass is 16.6. The first-order chi connectivity index (χ1) is 12.7. The first-order valence-electron chi connectivity index (χ1n) is 7.79. The van der Waals surface area contributed by atoms with E-state index in [4.69, 9.17) is 9.47 Å². The number of carbonyl (C=O) groups excluding carboxylic acids is 1. The molecule has 26 heavy (non-hydrogen) atoms. The van der Waals surface area contributed by atoms with Gasteiger partial charge in [-0.2, -0.15) is 0 Å². The van der Waals surface area contributed by atoms with Crippen molar-refractivity contribution in [1.29, 1.82) is 0 Å². The number of hydrogen-bond donors (Lipinski definition) is 1. The number of esters is 1. The second kappa shape index (κ2) is 7.94. The monoisotopic (exact) mass is 348 g/mol. The number of hydrogen-bond acceptors (Lipinski definition) is 6. The van der Waals surface area contributed by atoms with Gasteiger partial charge in [-0.1, -0.05) is 0 Å². The highest BCUT2D eigenvalue weighted by molar-refractivity contribution is 5.91. The van der Waals surface area contributed by atoms with Gasteiger partial charge in [-0.05, 0) is 60.2 Å². The van der Waals surface area contributed by atoms with Crippen molar-refractivity contribution in [3.05, 3.63) is 78.1 Å². The number of aliphatic imine (C=N–C) groups is 1. The van der Waals surface area contributed by atoms with Crippen molar-refractivity contribution in [3.8, 4) is 17.2 Å². The summed E-state index contributed by atoms with van der Waals surface area (Å²) in [5.74, 6) is 0.431. The number of benzene rings is 2. The van der Waals surface area contributed by atoms with Gasteiger partial charge in [0.2, 0.25) is 0 Å². The quantitative estimate of drug-likeness (QED) is 0.431. The molecule has 130 valence electrons. The van der Waals surface area contributed by atoms with Gasteiger partial charge in [-0.15, -0.1) is 0 Å². The molecule has 0 amide bonds. The molecule has 3 aromatic rings. The molecule has 1 aromatic heterocycles. The van der Waals surface area contributed by atoms with Crippen molar-refractivity contribution in [2.45, 2.75) is 0 Å². The number of pyridine rings is 1. The minimum Gasteiger partial charge on any atom is -0.508 e. The molecule has 0 aliphatic heterocycles. The lowest BCUT2D eigenvalue weighted by molar-refractivity contribution is 0.0729. The molecule has 6 heteroatoms. The van der Waals surface area contributed by atoms with Crippen LogP contribution in [0, 0.1) is 0 Å². The lowest BCUT2D eigenvalue weighted by Crippen LogP contribution is -2.09. The van der Waals surface area contributed by atoms with Crippen molar-refractivity contribution >= 4 is 17.9 Å². The summed E-state index contributed by atoms with van der Waals surface area (Å²) in [6.45, 7) is 0. The summed E-state index contributed by atoms with van der Waals surface area (Å²) in [5, 5.41) is 9.28. The lowest BCUT2D eigenvalue weighted by atomic mass is 10.2. The standard InChI is InChI=1S/C20H16N2O4/c1-25-19-12-14(13-22-16-3-5-17(23)6-4-16)2-7-18(19)26-20(24)15-8-10-21-11-9-15/h2-13,23H,1H3. The van der Waals surface area contributed by atoms with Gasteiger partial charge in [0.15, 0.2) is 11.5 Å². The number of aromatic nitrogens is 1. The van der Waals surface area contributed by atoms with E-state index in [1.54, 1.807) is 60.8 Å². The molecule has 0 bridgehead atoms. The van der Waals surface area contributed by atoms with E-state index >= 15 is 0 Å². The maximum Gasteiger partial charge on any atom is 0.343 e. The van der Waals surface area contributed by atoms with Gasteiger partial charge in [0.1, 0.15) is 5.75 Å². The van der Waals surface area contributed by atoms with Crippen LogP contribution < -0.4 is 9.47 Å². The molecular formula is C20H16N2O4. The van der Waals surface area contributed by atoms with Crippen LogP contribution >= 0.6 is 0 Å². The normalized spacial score (nSPS) is 10.7. The van der Waals surface area contributed by atoms with Crippen molar-refractivity contribution in [2.75, 3.05) is 7.11 Å². The summed E-state index contributed by atoms with van der Waals surface area (Å²) >= 11 is 0. The van der Waals surface area contributed by atoms with Gasteiger partial charge in [0.25, 0.3) is 0 Å². The highest BCUT2D eigenvalue weighted by Gasteiger charge is 2.12. The molecule has 6 nitrogen and oxygen atoms in total. The molecule has 0 aliphatic rings. The van der Waals surface area contributed by atoms with Crippen LogP contribution in [0.25, 0.3) is 0 Å². The Kier molecular flexibility index (Phi) is 5.24. The van der Waals surface area contributed by atoms with Gasteiger partial charge < -0.3 is 14.6 Å². The summed E-state index contributed by atoms with van der Waals surface area (Å²) in [5.41, 5.74) is 1.88. The van der Waals surface area contributed by atoms with Gasteiger partial charge in [-0.25, -0.2) is 4.79 Å². The number of rotatable bonds is 5. The molecule has 2 aromatic carbocycles. The van der Waals surface area contributed by atoms with E-state index in [1.165, 1.54) is 19.5 Å². The van der Waals surface area contributed by atoms with Crippen LogP contribution in [0.1, 0.15) is 15.9 Å². The fourth-order valence-corrected chi connectivity index (χ4v) is 2.18. The molecule has 1 N–H and O–H groups in total. The average Bonchev–Trinajstić information content (AvgIpc) is 2.69. The maximum atomic E-state index is 12.2. The molecule has 0 atom stereocenters. The molecule has 1 heterocycles. The van der Waals surface area contributed by atoms with Crippen molar-refractivity contribution < 1.29 is 19.4 Å². The first kappa shape index (κ1) is 17.2. The lowest BCUT2D eigenvalue weighted by Gasteiger charge is -2.09. The van der Waals surface area contributed by atoms with Crippen LogP contribution in [-0.2, 0) is 0 Å². The van der Waals surface area contributed by atoms with E-state index in [-0.39, 0.29) is 5.75 Å². The molecule has 3 rings (SSSR count). The zero-order chi connectivity index (χ0) is 18.4. The van der Waals surface area contributed by atoms with Gasteiger partial charge in [0.05, 0.1) is 18.4 Å². The van der Waals surface area contributed by atoms with E-state index in [0.29, 0.717) is 22.7 Å². The molecule has 0 saturated heterocycles. The zero-order valence-electron chi connectivity index (χ0n) is 14.0. The largest absolute Gasteiger partial charge is 0.508 e. The molecule has 0 saturated carbocycles. The van der Waals surface area contributed by atoms with Crippen molar-refractivity contribution in [3.63, 3.8) is 0 Å². The smallest absolute Gasteiger partial charge is 0.343 e. The van der Waals surface area contributed by atoms with Crippen LogP contribution in [0.4, 0.5) is 5.69 Å². The highest BCUT2D eigenvalue weighted by Crippen LogP contribution is 2.28. The Hall–Kier alpha value is -3.67. The van der Waals surface area contributed by atoms with Gasteiger partial charge in [0, 0.05) is 18.6 Å². The van der Waals surface area contributed by atoms with Crippen molar-refractivity contribution in [1.82, 2.24) is 4.98 Å².